The lowest BCUT2D eigenvalue weighted by molar-refractivity contribution is 1.66. The zero-order valence-electron chi connectivity index (χ0n) is 7.27. The molecule has 0 fully saturated rings. The van der Waals surface area contributed by atoms with E-state index < -0.39 is 0 Å². The van der Waals surface area contributed by atoms with E-state index in [1.807, 2.05) is 30.5 Å². The van der Waals surface area contributed by atoms with Crippen LogP contribution >= 0.6 is 0 Å². The number of nitrogens with zero attached hydrogens (tertiary/aromatic N) is 1. The molecule has 0 amide bonds. The third-order valence-electron chi connectivity index (χ3n) is 1.46. The number of hydrogen-bond acceptors (Lipinski definition) is 1. The maximum absolute atomic E-state index is 4.21. The Kier molecular flexibility index (Phi) is 4.09. The van der Waals surface area contributed by atoms with Crippen molar-refractivity contribution in [2.24, 2.45) is 4.66 Å². The molecule has 0 radical (unpaired) electrons. The summed E-state index contributed by atoms with van der Waals surface area (Å²) in [6.07, 6.45) is 5.94. The van der Waals surface area contributed by atoms with Crippen LogP contribution < -0.4 is 0 Å². The van der Waals surface area contributed by atoms with Crippen molar-refractivity contribution in [3.8, 4) is 0 Å². The zero-order chi connectivity index (χ0) is 8.65. The van der Waals surface area contributed by atoms with E-state index in [-0.39, 0.29) is 9.68 Å². The largest absolute Gasteiger partial charge is 0.337 e. The Morgan fingerprint density at radius 2 is 2.00 bits per heavy atom. The molecule has 0 atom stereocenters. The molecule has 2 heteroatoms. The first kappa shape index (κ1) is 8.94. The Bertz CT molecular complexity index is 264. The summed E-state index contributed by atoms with van der Waals surface area (Å²) in [6, 6.07) is 10.2. The standard InChI is InChI=1S/C10H13NSi/c1-12-11-9-5-8-10-6-3-2-4-7-10/h2-9H,12H2,1H3/b8-5+,11-9-. The SMILES string of the molecule is C[SiH2]/N=C\C=C\c1ccccc1. The molecule has 1 aromatic carbocycles. The predicted octanol–water partition coefficient (Wildman–Crippen LogP) is 1.90. The van der Waals surface area contributed by atoms with Gasteiger partial charge in [-0.1, -0.05) is 43.0 Å². The molecule has 0 bridgehead atoms. The highest BCUT2D eigenvalue weighted by Crippen LogP contribution is 1.99. The number of rotatable bonds is 3. The quantitative estimate of drug-likeness (QED) is 0.491. The van der Waals surface area contributed by atoms with Crippen LogP contribution in [-0.4, -0.2) is 15.9 Å². The summed E-state index contributed by atoms with van der Waals surface area (Å²) < 4.78 is 4.21. The summed E-state index contributed by atoms with van der Waals surface area (Å²) in [5.74, 6) is 0. The van der Waals surface area contributed by atoms with E-state index in [4.69, 9.17) is 0 Å². The van der Waals surface area contributed by atoms with Crippen molar-refractivity contribution in [3.63, 3.8) is 0 Å². The van der Waals surface area contributed by atoms with Gasteiger partial charge in [-0.25, -0.2) is 0 Å². The average molecular weight is 175 g/mol. The molecule has 0 aromatic heterocycles. The first-order chi connectivity index (χ1) is 5.93. The Morgan fingerprint density at radius 1 is 1.25 bits per heavy atom. The third kappa shape index (κ3) is 3.30. The molecular weight excluding hydrogens is 162 g/mol. The number of allylic oxidation sites excluding steroid dienone is 1. The molecule has 0 aliphatic rings. The van der Waals surface area contributed by atoms with Crippen LogP contribution in [0.3, 0.4) is 0 Å². The summed E-state index contributed by atoms with van der Waals surface area (Å²) in [6.45, 7) is 2.16. The maximum Gasteiger partial charge on any atom is 0.147 e. The van der Waals surface area contributed by atoms with Crippen LogP contribution in [0.15, 0.2) is 41.1 Å². The van der Waals surface area contributed by atoms with E-state index in [1.165, 1.54) is 5.56 Å². The van der Waals surface area contributed by atoms with Crippen molar-refractivity contribution >= 4 is 22.0 Å². The van der Waals surface area contributed by atoms with Crippen molar-refractivity contribution in [2.45, 2.75) is 6.55 Å². The van der Waals surface area contributed by atoms with E-state index >= 15 is 0 Å². The first-order valence-corrected chi connectivity index (χ1v) is 6.19. The molecule has 12 heavy (non-hydrogen) atoms. The molecular formula is C10H13NSi. The smallest absolute Gasteiger partial charge is 0.147 e. The molecule has 0 aliphatic carbocycles. The van der Waals surface area contributed by atoms with Crippen LogP contribution in [0.5, 0.6) is 0 Å². The van der Waals surface area contributed by atoms with Crippen LogP contribution in [0.25, 0.3) is 6.08 Å². The molecule has 0 spiro atoms. The second kappa shape index (κ2) is 5.49. The van der Waals surface area contributed by atoms with Gasteiger partial charge in [0.2, 0.25) is 0 Å². The summed E-state index contributed by atoms with van der Waals surface area (Å²) >= 11 is 0. The Morgan fingerprint density at radius 3 is 2.67 bits per heavy atom. The fourth-order valence-corrected chi connectivity index (χ4v) is 1.22. The van der Waals surface area contributed by atoms with Gasteiger partial charge in [-0.2, -0.15) is 0 Å². The van der Waals surface area contributed by atoms with Crippen molar-refractivity contribution in [1.29, 1.82) is 0 Å². The average Bonchev–Trinajstić information content (AvgIpc) is 2.14. The molecule has 0 saturated heterocycles. The molecule has 0 aliphatic heterocycles. The van der Waals surface area contributed by atoms with Crippen molar-refractivity contribution in [2.75, 3.05) is 0 Å². The third-order valence-corrected chi connectivity index (χ3v) is 2.04. The van der Waals surface area contributed by atoms with Gasteiger partial charge in [-0.15, -0.1) is 0 Å². The fraction of sp³-hybridized carbons (Fsp3) is 0.100. The lowest BCUT2D eigenvalue weighted by Gasteiger charge is -1.87. The van der Waals surface area contributed by atoms with Gasteiger partial charge in [0.25, 0.3) is 0 Å². The van der Waals surface area contributed by atoms with Gasteiger partial charge in [0, 0.05) is 6.21 Å². The predicted molar refractivity (Wildman–Crippen MR) is 58.4 cm³/mol. The topological polar surface area (TPSA) is 12.4 Å². The highest BCUT2D eigenvalue weighted by molar-refractivity contribution is 6.33. The van der Waals surface area contributed by atoms with Crippen molar-refractivity contribution < 1.29 is 0 Å². The van der Waals surface area contributed by atoms with Gasteiger partial charge in [0.05, 0.1) is 0 Å². The normalized spacial score (nSPS) is 12.4. The monoisotopic (exact) mass is 175 g/mol. The summed E-state index contributed by atoms with van der Waals surface area (Å²) in [5.41, 5.74) is 1.22. The van der Waals surface area contributed by atoms with E-state index in [9.17, 15) is 0 Å². The highest BCUT2D eigenvalue weighted by Gasteiger charge is 1.79. The van der Waals surface area contributed by atoms with Gasteiger partial charge in [-0.3, -0.25) is 0 Å². The van der Waals surface area contributed by atoms with Gasteiger partial charge >= 0.3 is 0 Å². The second-order valence-electron chi connectivity index (χ2n) is 2.42. The van der Waals surface area contributed by atoms with Crippen LogP contribution in [0, 0.1) is 0 Å². The van der Waals surface area contributed by atoms with E-state index in [0.717, 1.165) is 0 Å². The lowest BCUT2D eigenvalue weighted by Crippen LogP contribution is -1.73. The van der Waals surface area contributed by atoms with E-state index in [1.54, 1.807) is 0 Å². The maximum atomic E-state index is 4.21. The Balaban J connectivity index is 2.52. The van der Waals surface area contributed by atoms with Crippen LogP contribution in [0.2, 0.25) is 6.55 Å². The fourth-order valence-electron chi connectivity index (χ4n) is 0.885. The first-order valence-electron chi connectivity index (χ1n) is 4.15. The number of hydrogen-bond donors (Lipinski definition) is 0. The lowest BCUT2D eigenvalue weighted by atomic mass is 10.2. The Labute approximate surface area is 75.8 Å². The highest BCUT2D eigenvalue weighted by atomic mass is 28.2. The van der Waals surface area contributed by atoms with Crippen molar-refractivity contribution in [1.82, 2.24) is 0 Å². The summed E-state index contributed by atoms with van der Waals surface area (Å²) in [4.78, 5) is 0. The van der Waals surface area contributed by atoms with Crippen LogP contribution in [-0.2, 0) is 0 Å². The minimum atomic E-state index is -0.168. The molecule has 0 N–H and O–H groups in total. The van der Waals surface area contributed by atoms with E-state index in [2.05, 4.69) is 29.4 Å². The summed E-state index contributed by atoms with van der Waals surface area (Å²) in [7, 11) is -0.168. The molecule has 1 rings (SSSR count). The second-order valence-corrected chi connectivity index (χ2v) is 3.42. The molecule has 0 unspecified atom stereocenters. The van der Waals surface area contributed by atoms with Gasteiger partial charge in [0.15, 0.2) is 0 Å². The van der Waals surface area contributed by atoms with Crippen LogP contribution in [0.4, 0.5) is 0 Å². The molecule has 0 heterocycles. The minimum Gasteiger partial charge on any atom is -0.337 e. The number of benzene rings is 1. The molecule has 1 nitrogen and oxygen atoms in total. The summed E-state index contributed by atoms with van der Waals surface area (Å²) in [5, 5.41) is 0. The zero-order valence-corrected chi connectivity index (χ0v) is 8.69. The molecule has 62 valence electrons. The Hall–Kier alpha value is -1.15. The van der Waals surface area contributed by atoms with E-state index in [0.29, 0.717) is 0 Å². The van der Waals surface area contributed by atoms with Gasteiger partial charge < -0.3 is 4.66 Å². The van der Waals surface area contributed by atoms with Crippen molar-refractivity contribution in [3.05, 3.63) is 42.0 Å². The van der Waals surface area contributed by atoms with Gasteiger partial charge in [-0.05, 0) is 11.6 Å². The van der Waals surface area contributed by atoms with Crippen LogP contribution in [0.1, 0.15) is 5.56 Å². The minimum absolute atomic E-state index is 0.168. The molecule has 0 saturated carbocycles. The van der Waals surface area contributed by atoms with Gasteiger partial charge in [0.1, 0.15) is 9.68 Å². The molecule has 1 aromatic rings.